The Kier molecular flexibility index (Phi) is 6.58. The van der Waals surface area contributed by atoms with Gasteiger partial charge >= 0.3 is 6.03 Å². The van der Waals surface area contributed by atoms with Crippen molar-refractivity contribution in [3.05, 3.63) is 64.7 Å². The quantitative estimate of drug-likeness (QED) is 0.855. The molecule has 2 aromatic carbocycles. The zero-order chi connectivity index (χ0) is 19.2. The predicted octanol–water partition coefficient (Wildman–Crippen LogP) is 3.43. The van der Waals surface area contributed by atoms with Crippen LogP contribution in [0.4, 0.5) is 10.5 Å². The maximum atomic E-state index is 12.5. The van der Waals surface area contributed by atoms with E-state index in [4.69, 9.17) is 11.6 Å². The fourth-order valence-corrected chi connectivity index (χ4v) is 3.53. The SMILES string of the molecule is CN(C)Cc1ccc(CNC(=O)N2CCN(c3ccccc3Cl)CC2)cc1. The van der Waals surface area contributed by atoms with Crippen LogP contribution in [0.2, 0.25) is 5.02 Å². The Labute approximate surface area is 166 Å². The Balaban J connectivity index is 1.46. The molecule has 0 spiro atoms. The van der Waals surface area contributed by atoms with E-state index in [1.54, 1.807) is 0 Å². The molecule has 0 bridgehead atoms. The van der Waals surface area contributed by atoms with Gasteiger partial charge in [-0.15, -0.1) is 0 Å². The van der Waals surface area contributed by atoms with Gasteiger partial charge in [-0.1, -0.05) is 48.0 Å². The summed E-state index contributed by atoms with van der Waals surface area (Å²) in [7, 11) is 4.11. The van der Waals surface area contributed by atoms with Crippen molar-refractivity contribution in [2.45, 2.75) is 13.1 Å². The number of hydrogen-bond acceptors (Lipinski definition) is 3. The molecule has 2 aromatic rings. The molecular formula is C21H27ClN4O. The normalized spacial score (nSPS) is 14.5. The summed E-state index contributed by atoms with van der Waals surface area (Å²) >= 11 is 6.28. The van der Waals surface area contributed by atoms with E-state index < -0.39 is 0 Å². The predicted molar refractivity (Wildman–Crippen MR) is 111 cm³/mol. The third-order valence-electron chi connectivity index (χ3n) is 4.73. The van der Waals surface area contributed by atoms with Crippen molar-refractivity contribution in [3.8, 4) is 0 Å². The van der Waals surface area contributed by atoms with Crippen LogP contribution in [0.15, 0.2) is 48.5 Å². The monoisotopic (exact) mass is 386 g/mol. The van der Waals surface area contributed by atoms with Crippen LogP contribution in [0.1, 0.15) is 11.1 Å². The molecule has 5 nitrogen and oxygen atoms in total. The molecule has 0 aliphatic carbocycles. The van der Waals surface area contributed by atoms with Crippen LogP contribution in [-0.2, 0) is 13.1 Å². The van der Waals surface area contributed by atoms with Gasteiger partial charge in [-0.25, -0.2) is 4.79 Å². The Morgan fingerprint density at radius 2 is 1.63 bits per heavy atom. The zero-order valence-corrected chi connectivity index (χ0v) is 16.7. The number of para-hydroxylation sites is 1. The fourth-order valence-electron chi connectivity index (χ4n) is 3.28. The van der Waals surface area contributed by atoms with Gasteiger partial charge in [-0.2, -0.15) is 0 Å². The molecule has 1 heterocycles. The van der Waals surface area contributed by atoms with Crippen LogP contribution in [-0.4, -0.2) is 56.1 Å². The van der Waals surface area contributed by atoms with E-state index in [0.717, 1.165) is 35.9 Å². The lowest BCUT2D eigenvalue weighted by molar-refractivity contribution is 0.194. The molecule has 1 N–H and O–H groups in total. The highest BCUT2D eigenvalue weighted by molar-refractivity contribution is 6.33. The average Bonchev–Trinajstić information content (AvgIpc) is 2.67. The molecule has 27 heavy (non-hydrogen) atoms. The molecule has 1 aliphatic heterocycles. The second-order valence-corrected chi connectivity index (χ2v) is 7.55. The van der Waals surface area contributed by atoms with Crippen molar-refractivity contribution < 1.29 is 4.79 Å². The van der Waals surface area contributed by atoms with Gasteiger partial charge in [0.25, 0.3) is 0 Å². The largest absolute Gasteiger partial charge is 0.367 e. The molecule has 0 atom stereocenters. The van der Waals surface area contributed by atoms with E-state index in [-0.39, 0.29) is 6.03 Å². The number of halogens is 1. The van der Waals surface area contributed by atoms with Crippen molar-refractivity contribution in [3.63, 3.8) is 0 Å². The highest BCUT2D eigenvalue weighted by Crippen LogP contribution is 2.26. The molecule has 2 amide bonds. The van der Waals surface area contributed by atoms with E-state index in [1.807, 2.05) is 29.2 Å². The van der Waals surface area contributed by atoms with Gasteiger partial charge in [0, 0.05) is 39.3 Å². The minimum absolute atomic E-state index is 0.00817. The molecule has 0 radical (unpaired) electrons. The molecule has 1 aliphatic rings. The van der Waals surface area contributed by atoms with Crippen LogP contribution < -0.4 is 10.2 Å². The van der Waals surface area contributed by atoms with Gasteiger partial charge in [0.2, 0.25) is 0 Å². The third kappa shape index (κ3) is 5.37. The van der Waals surface area contributed by atoms with Crippen molar-refractivity contribution in [1.82, 2.24) is 15.1 Å². The molecule has 0 aromatic heterocycles. The van der Waals surface area contributed by atoms with Gasteiger partial charge in [-0.05, 0) is 37.4 Å². The van der Waals surface area contributed by atoms with E-state index >= 15 is 0 Å². The summed E-state index contributed by atoms with van der Waals surface area (Å²) in [6.07, 6.45) is 0. The van der Waals surface area contributed by atoms with E-state index in [0.29, 0.717) is 19.6 Å². The Bertz CT molecular complexity index is 755. The number of carbonyl (C=O) groups excluding carboxylic acids is 1. The highest BCUT2D eigenvalue weighted by atomic mass is 35.5. The molecule has 144 valence electrons. The summed E-state index contributed by atoms with van der Waals surface area (Å²) in [5.74, 6) is 0. The topological polar surface area (TPSA) is 38.8 Å². The number of rotatable bonds is 5. The van der Waals surface area contributed by atoms with Gasteiger partial charge < -0.3 is 20.0 Å². The van der Waals surface area contributed by atoms with Gasteiger partial charge in [0.1, 0.15) is 0 Å². The lowest BCUT2D eigenvalue weighted by atomic mass is 10.1. The molecular weight excluding hydrogens is 360 g/mol. The Hall–Kier alpha value is -2.24. The van der Waals surface area contributed by atoms with E-state index in [1.165, 1.54) is 5.56 Å². The number of amides is 2. The molecule has 1 saturated heterocycles. The molecule has 0 unspecified atom stereocenters. The fraction of sp³-hybridized carbons (Fsp3) is 0.381. The number of piperazine rings is 1. The van der Waals surface area contributed by atoms with Crippen LogP contribution in [0, 0.1) is 0 Å². The average molecular weight is 387 g/mol. The first-order valence-corrected chi connectivity index (χ1v) is 9.65. The lowest BCUT2D eigenvalue weighted by Crippen LogP contribution is -2.51. The summed E-state index contributed by atoms with van der Waals surface area (Å²) in [5.41, 5.74) is 3.42. The smallest absolute Gasteiger partial charge is 0.317 e. The standard InChI is InChI=1S/C21H27ClN4O/c1-24(2)16-18-9-7-17(8-10-18)15-23-21(27)26-13-11-25(12-14-26)20-6-4-3-5-19(20)22/h3-10H,11-16H2,1-2H3,(H,23,27). The van der Waals surface area contributed by atoms with Crippen molar-refractivity contribution in [1.29, 1.82) is 0 Å². The molecule has 6 heteroatoms. The minimum atomic E-state index is -0.00817. The van der Waals surface area contributed by atoms with Crippen molar-refractivity contribution >= 4 is 23.3 Å². The number of anilines is 1. The summed E-state index contributed by atoms with van der Waals surface area (Å²) in [4.78, 5) is 18.7. The molecule has 0 saturated carbocycles. The maximum absolute atomic E-state index is 12.5. The van der Waals surface area contributed by atoms with Gasteiger partial charge in [0.15, 0.2) is 0 Å². The first-order chi connectivity index (χ1) is 13.0. The zero-order valence-electron chi connectivity index (χ0n) is 16.0. The molecule has 3 rings (SSSR count). The number of nitrogens with one attached hydrogen (secondary N) is 1. The number of nitrogens with zero attached hydrogens (tertiary/aromatic N) is 3. The Morgan fingerprint density at radius 1 is 1.00 bits per heavy atom. The third-order valence-corrected chi connectivity index (χ3v) is 5.05. The highest BCUT2D eigenvalue weighted by Gasteiger charge is 2.22. The van der Waals surface area contributed by atoms with E-state index in [9.17, 15) is 4.79 Å². The number of carbonyl (C=O) groups is 1. The second-order valence-electron chi connectivity index (χ2n) is 7.14. The van der Waals surface area contributed by atoms with Crippen molar-refractivity contribution in [2.75, 3.05) is 45.2 Å². The maximum Gasteiger partial charge on any atom is 0.317 e. The van der Waals surface area contributed by atoms with Crippen LogP contribution in [0.25, 0.3) is 0 Å². The first-order valence-electron chi connectivity index (χ1n) is 9.28. The van der Waals surface area contributed by atoms with Crippen LogP contribution >= 0.6 is 11.6 Å². The van der Waals surface area contributed by atoms with Crippen LogP contribution in [0.5, 0.6) is 0 Å². The van der Waals surface area contributed by atoms with E-state index in [2.05, 4.69) is 53.5 Å². The Morgan fingerprint density at radius 3 is 2.26 bits per heavy atom. The number of hydrogen-bond donors (Lipinski definition) is 1. The summed E-state index contributed by atoms with van der Waals surface area (Å²) in [6.45, 7) is 4.43. The summed E-state index contributed by atoms with van der Waals surface area (Å²) in [5, 5.41) is 3.78. The minimum Gasteiger partial charge on any atom is -0.367 e. The van der Waals surface area contributed by atoms with Crippen molar-refractivity contribution in [2.24, 2.45) is 0 Å². The molecule has 1 fully saturated rings. The van der Waals surface area contributed by atoms with Gasteiger partial charge in [-0.3, -0.25) is 0 Å². The lowest BCUT2D eigenvalue weighted by Gasteiger charge is -2.36. The van der Waals surface area contributed by atoms with Crippen LogP contribution in [0.3, 0.4) is 0 Å². The number of benzene rings is 2. The van der Waals surface area contributed by atoms with Gasteiger partial charge in [0.05, 0.1) is 10.7 Å². The summed E-state index contributed by atoms with van der Waals surface area (Å²) < 4.78 is 0. The first kappa shape index (κ1) is 19.5. The second kappa shape index (κ2) is 9.11. The number of urea groups is 1. The summed E-state index contributed by atoms with van der Waals surface area (Å²) in [6, 6.07) is 16.2.